The van der Waals surface area contributed by atoms with Crippen LogP contribution in [-0.4, -0.2) is 15.0 Å². The zero-order chi connectivity index (χ0) is 41.7. The van der Waals surface area contributed by atoms with E-state index in [0.29, 0.717) is 5.82 Å². The molecule has 0 radical (unpaired) electrons. The Hall–Kier alpha value is -8.05. The molecule has 0 atom stereocenters. The fourth-order valence-electron chi connectivity index (χ4n) is 9.00. The number of benzene rings is 9. The molecule has 0 aliphatic carbocycles. The van der Waals surface area contributed by atoms with Gasteiger partial charge in [0, 0.05) is 48.7 Å². The Morgan fingerprint density at radius 3 is 1.60 bits per heavy atom. The maximum Gasteiger partial charge on any atom is 0.160 e. The third kappa shape index (κ3) is 6.65. The van der Waals surface area contributed by atoms with Crippen molar-refractivity contribution in [2.45, 2.75) is 0 Å². The second-order valence-electron chi connectivity index (χ2n) is 15.9. The Bertz CT molecular complexity index is 3660. The molecule has 12 rings (SSSR count). The summed E-state index contributed by atoms with van der Waals surface area (Å²) in [5.41, 5.74) is 14.8. The van der Waals surface area contributed by atoms with Crippen molar-refractivity contribution in [1.29, 1.82) is 0 Å². The molecule has 3 aromatic heterocycles. The van der Waals surface area contributed by atoms with Crippen LogP contribution >= 0.6 is 11.3 Å². The Morgan fingerprint density at radius 2 is 0.825 bits per heavy atom. The van der Waals surface area contributed by atoms with Crippen LogP contribution in [0.25, 0.3) is 120 Å². The quantitative estimate of drug-likeness (QED) is 0.161. The summed E-state index contributed by atoms with van der Waals surface area (Å²) in [6, 6.07) is 79.6. The normalized spacial score (nSPS) is 11.5. The van der Waals surface area contributed by atoms with E-state index in [2.05, 4.69) is 212 Å². The summed E-state index contributed by atoms with van der Waals surface area (Å²) in [5, 5.41) is 6.10. The Kier molecular flexibility index (Phi) is 9.02. The number of nitrogens with zero attached hydrogens (tertiary/aromatic N) is 3. The van der Waals surface area contributed by atoms with E-state index in [1.807, 2.05) is 23.5 Å². The molecule has 0 fully saturated rings. The van der Waals surface area contributed by atoms with E-state index in [1.165, 1.54) is 42.1 Å². The van der Waals surface area contributed by atoms with E-state index >= 15 is 0 Å². The van der Waals surface area contributed by atoms with Gasteiger partial charge in [-0.2, -0.15) is 0 Å². The fourth-order valence-corrected chi connectivity index (χ4v) is 10.2. The van der Waals surface area contributed by atoms with Crippen molar-refractivity contribution in [2.75, 3.05) is 0 Å². The molecular formula is C59H37N3S. The topological polar surface area (TPSA) is 38.7 Å². The lowest BCUT2D eigenvalue weighted by Gasteiger charge is -2.14. The molecule has 0 aliphatic heterocycles. The van der Waals surface area contributed by atoms with E-state index in [1.54, 1.807) is 0 Å². The Balaban J connectivity index is 0.978. The van der Waals surface area contributed by atoms with Gasteiger partial charge in [0.25, 0.3) is 0 Å². The van der Waals surface area contributed by atoms with Crippen LogP contribution in [-0.2, 0) is 0 Å². The van der Waals surface area contributed by atoms with Crippen molar-refractivity contribution in [1.82, 2.24) is 15.0 Å². The van der Waals surface area contributed by atoms with Crippen molar-refractivity contribution in [3.63, 3.8) is 0 Å². The van der Waals surface area contributed by atoms with E-state index in [9.17, 15) is 0 Å². The predicted octanol–water partition coefficient (Wildman–Crippen LogP) is 16.2. The van der Waals surface area contributed by atoms with Gasteiger partial charge >= 0.3 is 0 Å². The van der Waals surface area contributed by atoms with Gasteiger partial charge in [-0.3, -0.25) is 0 Å². The number of pyridine rings is 1. The molecule has 3 nitrogen and oxygen atoms in total. The van der Waals surface area contributed by atoms with Gasteiger partial charge in [-0.15, -0.1) is 11.3 Å². The third-order valence-corrected chi connectivity index (χ3v) is 13.3. The summed E-state index contributed by atoms with van der Waals surface area (Å²) >= 11 is 1.83. The van der Waals surface area contributed by atoms with Crippen molar-refractivity contribution in [3.05, 3.63) is 224 Å². The van der Waals surface area contributed by atoms with Crippen LogP contribution < -0.4 is 0 Å². The van der Waals surface area contributed by atoms with Crippen LogP contribution in [0.1, 0.15) is 0 Å². The van der Waals surface area contributed by atoms with Crippen LogP contribution in [0.3, 0.4) is 0 Å². The molecule has 4 heteroatoms. The van der Waals surface area contributed by atoms with Crippen LogP contribution in [0.2, 0.25) is 0 Å². The molecule has 9 aromatic carbocycles. The first-order chi connectivity index (χ1) is 31.2. The second kappa shape index (κ2) is 15.4. The van der Waals surface area contributed by atoms with Gasteiger partial charge < -0.3 is 0 Å². The second-order valence-corrected chi connectivity index (χ2v) is 17.0. The molecule has 63 heavy (non-hydrogen) atoms. The zero-order valence-corrected chi connectivity index (χ0v) is 34.9. The molecule has 0 aliphatic rings. The number of aromatic nitrogens is 3. The molecule has 0 saturated heterocycles. The summed E-state index contributed by atoms with van der Waals surface area (Å²) in [5.74, 6) is 0.683. The monoisotopic (exact) mass is 819 g/mol. The number of hydrogen-bond acceptors (Lipinski definition) is 4. The standard InChI is InChI=1S/C59H37N3S/c1-3-15-38(16-4-1)39-31-33-42(34-32-39)53-37-52(41-18-5-2-6-19-41)60-59(61-53)46-24-12-22-44(36-46)43-21-11-23-45(35-43)48-27-14-29-51-55-50-26-9-10-30-54(50)63-58(55)57(62-56(48)51)49-28-13-20-40-17-7-8-25-47(40)49/h1-37H. The maximum atomic E-state index is 5.63. The molecular weight excluding hydrogens is 783 g/mol. The first kappa shape index (κ1) is 36.8. The minimum absolute atomic E-state index is 0.683. The lowest BCUT2D eigenvalue weighted by atomic mass is 9.94. The molecule has 0 unspecified atom stereocenters. The molecule has 3 heterocycles. The summed E-state index contributed by atoms with van der Waals surface area (Å²) in [7, 11) is 0. The van der Waals surface area contributed by atoms with Gasteiger partial charge in [-0.1, -0.05) is 200 Å². The highest BCUT2D eigenvalue weighted by molar-refractivity contribution is 7.26. The predicted molar refractivity (Wildman–Crippen MR) is 266 cm³/mol. The van der Waals surface area contributed by atoms with Crippen LogP contribution in [0.5, 0.6) is 0 Å². The molecule has 0 saturated carbocycles. The van der Waals surface area contributed by atoms with E-state index in [-0.39, 0.29) is 0 Å². The van der Waals surface area contributed by atoms with Gasteiger partial charge in [0.1, 0.15) is 0 Å². The maximum absolute atomic E-state index is 5.63. The van der Waals surface area contributed by atoms with Crippen LogP contribution in [0.15, 0.2) is 224 Å². The van der Waals surface area contributed by atoms with Crippen molar-refractivity contribution in [2.24, 2.45) is 0 Å². The molecule has 0 bridgehead atoms. The summed E-state index contributed by atoms with van der Waals surface area (Å²) < 4.78 is 2.48. The largest absolute Gasteiger partial charge is 0.246 e. The summed E-state index contributed by atoms with van der Waals surface area (Å²) in [6.07, 6.45) is 0. The SMILES string of the molecule is c1ccc(-c2ccc(-c3cc(-c4ccccc4)nc(-c4cccc(-c5cccc(-c6cccc7c6nc(-c6cccc8ccccc68)c6sc8ccccc8c67)c5)c4)n3)cc2)cc1. The number of thiophene rings is 1. The molecule has 12 aromatic rings. The number of fused-ring (bicyclic) bond motifs is 6. The van der Waals surface area contributed by atoms with E-state index in [4.69, 9.17) is 15.0 Å². The molecule has 0 N–H and O–H groups in total. The van der Waals surface area contributed by atoms with Crippen LogP contribution in [0, 0.1) is 0 Å². The number of para-hydroxylation sites is 1. The highest BCUT2D eigenvalue weighted by Gasteiger charge is 2.20. The average molecular weight is 820 g/mol. The van der Waals surface area contributed by atoms with Crippen LogP contribution in [0.4, 0.5) is 0 Å². The highest BCUT2D eigenvalue weighted by Crippen LogP contribution is 2.46. The van der Waals surface area contributed by atoms with Crippen molar-refractivity contribution in [3.8, 4) is 78.5 Å². The van der Waals surface area contributed by atoms with E-state index < -0.39 is 0 Å². The first-order valence-corrected chi connectivity index (χ1v) is 22.1. The van der Waals surface area contributed by atoms with E-state index in [0.717, 1.165) is 72.5 Å². The first-order valence-electron chi connectivity index (χ1n) is 21.3. The van der Waals surface area contributed by atoms with Gasteiger partial charge in [0.15, 0.2) is 5.82 Å². The molecule has 0 amide bonds. The third-order valence-electron chi connectivity index (χ3n) is 12.1. The van der Waals surface area contributed by atoms with Gasteiger partial charge in [0.05, 0.1) is 27.3 Å². The molecule has 294 valence electrons. The highest BCUT2D eigenvalue weighted by atomic mass is 32.1. The summed E-state index contributed by atoms with van der Waals surface area (Å²) in [4.78, 5) is 16.0. The van der Waals surface area contributed by atoms with Gasteiger partial charge in [-0.25, -0.2) is 15.0 Å². The Morgan fingerprint density at radius 1 is 0.317 bits per heavy atom. The minimum Gasteiger partial charge on any atom is -0.246 e. The van der Waals surface area contributed by atoms with Gasteiger partial charge in [-0.05, 0) is 62.9 Å². The molecule has 0 spiro atoms. The smallest absolute Gasteiger partial charge is 0.160 e. The number of rotatable bonds is 7. The lowest BCUT2D eigenvalue weighted by Crippen LogP contribution is -1.96. The number of hydrogen-bond donors (Lipinski definition) is 0. The Labute approximate surface area is 369 Å². The van der Waals surface area contributed by atoms with Crippen molar-refractivity contribution >= 4 is 53.2 Å². The fraction of sp³-hybridized carbons (Fsp3) is 0. The van der Waals surface area contributed by atoms with Crippen molar-refractivity contribution < 1.29 is 0 Å². The average Bonchev–Trinajstić information content (AvgIpc) is 3.77. The van der Waals surface area contributed by atoms with Gasteiger partial charge in [0.2, 0.25) is 0 Å². The lowest BCUT2D eigenvalue weighted by molar-refractivity contribution is 1.18. The summed E-state index contributed by atoms with van der Waals surface area (Å²) in [6.45, 7) is 0. The minimum atomic E-state index is 0.683. The zero-order valence-electron chi connectivity index (χ0n) is 34.1.